The molecule has 0 aromatic rings. The van der Waals surface area contributed by atoms with Crippen molar-refractivity contribution in [1.29, 1.82) is 0 Å². The molecule has 3 N–H and O–H groups in total. The lowest BCUT2D eigenvalue weighted by atomic mass is 9.62. The van der Waals surface area contributed by atoms with Crippen LogP contribution in [0.15, 0.2) is 0 Å². The van der Waals surface area contributed by atoms with E-state index in [1.54, 1.807) is 0 Å². The Morgan fingerprint density at radius 2 is 1.52 bits per heavy atom. The maximum atomic E-state index is 3.65. The van der Waals surface area contributed by atoms with Gasteiger partial charge >= 0.3 is 14.2 Å². The van der Waals surface area contributed by atoms with Gasteiger partial charge < -0.3 is 29.9 Å². The van der Waals surface area contributed by atoms with Crippen LogP contribution < -0.4 is 15.8 Å². The Bertz CT molecular complexity index is 286. The zero-order valence-corrected chi connectivity index (χ0v) is 14.7. The largest absolute Gasteiger partial charge is 0.380 e. The van der Waals surface area contributed by atoms with Gasteiger partial charge in [0.25, 0.3) is 7.55 Å². The van der Waals surface area contributed by atoms with Gasteiger partial charge in [0.05, 0.1) is 0 Å². The number of hydrogen-bond acceptors (Lipinski definition) is 6. The van der Waals surface area contributed by atoms with Gasteiger partial charge in [-0.2, -0.15) is 0 Å². The highest BCUT2D eigenvalue weighted by atomic mass is 15.4. The highest BCUT2D eigenvalue weighted by Crippen LogP contribution is 2.06. The van der Waals surface area contributed by atoms with Gasteiger partial charge in [-0.3, -0.25) is 0 Å². The molecule has 0 bridgehead atoms. The summed E-state index contributed by atoms with van der Waals surface area (Å²) in [6.07, 6.45) is 2.32. The Kier molecular flexibility index (Phi) is 8.93. The maximum Gasteiger partial charge on any atom is 0.380 e. The van der Waals surface area contributed by atoms with Crippen LogP contribution in [0.2, 0.25) is 0 Å². The van der Waals surface area contributed by atoms with Gasteiger partial charge in [-0.15, -0.1) is 0 Å². The van der Waals surface area contributed by atoms with Crippen molar-refractivity contribution in [2.45, 2.75) is 39.7 Å². The first-order valence-corrected chi connectivity index (χ1v) is 8.22. The van der Waals surface area contributed by atoms with Gasteiger partial charge in [0.2, 0.25) is 0 Å². The van der Waals surface area contributed by atoms with Gasteiger partial charge in [-0.25, -0.2) is 0 Å². The second-order valence-corrected chi connectivity index (χ2v) is 6.08. The highest BCUT2D eigenvalue weighted by molar-refractivity contribution is 6.78. The molecule has 1 aliphatic rings. The van der Waals surface area contributed by atoms with E-state index in [4.69, 9.17) is 0 Å². The molecular weight excluding hydrogens is 261 g/mol. The van der Waals surface area contributed by atoms with Crippen LogP contribution in [0, 0.1) is 0 Å². The van der Waals surface area contributed by atoms with Crippen LogP contribution >= 0.6 is 0 Å². The van der Waals surface area contributed by atoms with E-state index in [1.165, 1.54) is 6.42 Å². The van der Waals surface area contributed by atoms with Crippen LogP contribution in [0.5, 0.6) is 0 Å². The Morgan fingerprint density at radius 1 is 0.952 bits per heavy atom. The number of hydrogen-bond donors (Lipinski definition) is 3. The summed E-state index contributed by atoms with van der Waals surface area (Å²) in [5.74, 6) is 0. The summed E-state index contributed by atoms with van der Waals surface area (Å²) in [6.45, 7) is 9.69. The van der Waals surface area contributed by atoms with Crippen molar-refractivity contribution in [2.75, 3.05) is 40.8 Å². The monoisotopic (exact) mass is 293 g/mol. The number of nitrogens with one attached hydrogen (secondary N) is 3. The predicted octanol–water partition coefficient (Wildman–Crippen LogP) is -0.723. The van der Waals surface area contributed by atoms with E-state index < -0.39 is 0 Å². The van der Waals surface area contributed by atoms with Crippen LogP contribution in [-0.2, 0) is 0 Å². The second kappa shape index (κ2) is 9.87. The van der Waals surface area contributed by atoms with Crippen LogP contribution in [0.4, 0.5) is 0 Å². The Labute approximate surface area is 132 Å². The summed E-state index contributed by atoms with van der Waals surface area (Å²) in [6, 6.07) is 0.480. The molecule has 0 aromatic heterocycles. The molecule has 119 valence electrons. The Morgan fingerprint density at radius 3 is 2.10 bits per heavy atom. The molecule has 6 nitrogen and oxygen atoms in total. The average molecular weight is 293 g/mol. The van der Waals surface area contributed by atoms with Crippen molar-refractivity contribution in [3.63, 3.8) is 0 Å². The van der Waals surface area contributed by atoms with E-state index >= 15 is 0 Å². The summed E-state index contributed by atoms with van der Waals surface area (Å²) in [4.78, 5) is 0. The quantitative estimate of drug-likeness (QED) is 0.488. The normalized spacial score (nSPS) is 19.9. The Balaban J connectivity index is 2.50. The van der Waals surface area contributed by atoms with Crippen molar-refractivity contribution in [2.24, 2.45) is 0 Å². The minimum absolute atomic E-state index is 0.210. The average Bonchev–Trinajstić information content (AvgIpc) is 2.44. The van der Waals surface area contributed by atoms with Gasteiger partial charge in [0.1, 0.15) is 0 Å². The van der Waals surface area contributed by atoms with Gasteiger partial charge in [0, 0.05) is 12.6 Å². The van der Waals surface area contributed by atoms with Crippen molar-refractivity contribution in [3.8, 4) is 0 Å². The van der Waals surface area contributed by atoms with Crippen molar-refractivity contribution >= 4 is 21.8 Å². The molecule has 1 aliphatic heterocycles. The molecule has 1 rings (SSSR count). The first-order chi connectivity index (χ1) is 10.0. The lowest BCUT2D eigenvalue weighted by molar-refractivity contribution is 0.488. The first kappa shape index (κ1) is 19.0. The summed E-state index contributed by atoms with van der Waals surface area (Å²) in [7, 11) is 9.00. The molecule has 1 radical (unpaired) electrons. The summed E-state index contributed by atoms with van der Waals surface area (Å²) in [5, 5.41) is 10.7. The maximum absolute atomic E-state index is 3.65. The molecule has 1 heterocycles. The lowest BCUT2D eigenvalue weighted by Crippen LogP contribution is -2.78. The summed E-state index contributed by atoms with van der Waals surface area (Å²) in [5.41, 5.74) is 0. The predicted molar refractivity (Wildman–Crippen MR) is 94.6 cm³/mol. The van der Waals surface area contributed by atoms with Crippen molar-refractivity contribution < 1.29 is 0 Å². The molecule has 0 saturated carbocycles. The summed E-state index contributed by atoms with van der Waals surface area (Å²) < 4.78 is 6.77. The molecule has 1 fully saturated rings. The number of nitrogens with zero attached hydrogens (tertiary/aromatic N) is 3. The van der Waals surface area contributed by atoms with Gasteiger partial charge in [-0.1, -0.05) is 13.8 Å². The topological polar surface area (TPSA) is 45.8 Å². The zero-order chi connectivity index (χ0) is 15.8. The van der Waals surface area contributed by atoms with E-state index in [2.05, 4.69) is 79.4 Å². The van der Waals surface area contributed by atoms with Crippen molar-refractivity contribution in [1.82, 2.24) is 29.9 Å². The molecule has 21 heavy (non-hydrogen) atoms. The smallest absolute Gasteiger partial charge is 0.349 e. The molecule has 9 heteroatoms. The third-order valence-electron chi connectivity index (χ3n) is 3.83. The SMILES string of the molecule is CCCNB1N(C)[B]N(C)B(NCC(C)NCCC)N1C. The molecule has 0 aromatic carbocycles. The van der Waals surface area contributed by atoms with Crippen molar-refractivity contribution in [3.05, 3.63) is 0 Å². The summed E-state index contributed by atoms with van der Waals surface area (Å²) >= 11 is 0. The molecule has 0 spiro atoms. The highest BCUT2D eigenvalue weighted by Gasteiger charge is 2.42. The third kappa shape index (κ3) is 5.92. The molecule has 1 atom stereocenters. The van der Waals surface area contributed by atoms with Crippen LogP contribution in [-0.4, -0.2) is 82.8 Å². The van der Waals surface area contributed by atoms with E-state index in [0.717, 1.165) is 26.1 Å². The standard InChI is InChI=1S/C12H32B3N6/c1-7-9-16-12(3)11-18-15-20(5)13-19(4)14(21(15)6)17-10-8-2/h12,16-18H,7-11H2,1-6H3. The molecule has 1 unspecified atom stereocenters. The fourth-order valence-electron chi connectivity index (χ4n) is 2.72. The second-order valence-electron chi connectivity index (χ2n) is 6.08. The van der Waals surface area contributed by atoms with Crippen LogP contribution in [0.3, 0.4) is 0 Å². The first-order valence-electron chi connectivity index (χ1n) is 8.22. The van der Waals surface area contributed by atoms with E-state index in [-0.39, 0.29) is 14.2 Å². The van der Waals surface area contributed by atoms with Crippen LogP contribution in [0.25, 0.3) is 0 Å². The van der Waals surface area contributed by atoms with E-state index in [1.807, 2.05) is 0 Å². The minimum Gasteiger partial charge on any atom is -0.349 e. The lowest BCUT2D eigenvalue weighted by Gasteiger charge is -2.45. The van der Waals surface area contributed by atoms with E-state index in [9.17, 15) is 0 Å². The fourth-order valence-corrected chi connectivity index (χ4v) is 2.72. The third-order valence-corrected chi connectivity index (χ3v) is 3.83. The fraction of sp³-hybridized carbons (Fsp3) is 1.00. The molecule has 0 aliphatic carbocycles. The van der Waals surface area contributed by atoms with Crippen LogP contribution in [0.1, 0.15) is 33.6 Å². The number of rotatable bonds is 9. The van der Waals surface area contributed by atoms with Gasteiger partial charge in [0.15, 0.2) is 0 Å². The molecule has 1 saturated heterocycles. The van der Waals surface area contributed by atoms with E-state index in [0.29, 0.717) is 6.04 Å². The minimum atomic E-state index is 0.210. The zero-order valence-electron chi connectivity index (χ0n) is 14.7. The van der Waals surface area contributed by atoms with Gasteiger partial charge in [-0.05, 0) is 54.0 Å². The Hall–Kier alpha value is -0.0452. The molecule has 0 amide bonds. The molecular formula is C12H32B3N6.